The van der Waals surface area contributed by atoms with Crippen LogP contribution in [0.25, 0.3) is 6.08 Å². The molecule has 1 atom stereocenters. The lowest BCUT2D eigenvalue weighted by atomic mass is 10.1. The predicted molar refractivity (Wildman–Crippen MR) is 133 cm³/mol. The van der Waals surface area contributed by atoms with Crippen molar-refractivity contribution in [3.63, 3.8) is 0 Å². The summed E-state index contributed by atoms with van der Waals surface area (Å²) in [6, 6.07) is 5.93. The Hall–Kier alpha value is -2.12. The summed E-state index contributed by atoms with van der Waals surface area (Å²) < 4.78 is 7.77. The SMILES string of the molecule is COc1ccc(/C=C2/SC3C=CC=CC3=[N+](CC(=O)NC3CCCCCC3)C2=O)cc1Br. The first-order valence-electron chi connectivity index (χ1n) is 11.1. The zero-order valence-corrected chi connectivity index (χ0v) is 20.6. The lowest BCUT2D eigenvalue weighted by molar-refractivity contribution is -0.434. The van der Waals surface area contributed by atoms with Crippen molar-refractivity contribution in [1.29, 1.82) is 0 Å². The summed E-state index contributed by atoms with van der Waals surface area (Å²) in [5.41, 5.74) is 1.77. The molecule has 7 heteroatoms. The van der Waals surface area contributed by atoms with Crippen LogP contribution in [0.4, 0.5) is 0 Å². The third-order valence-corrected chi connectivity index (χ3v) is 7.79. The van der Waals surface area contributed by atoms with Gasteiger partial charge in [-0.05, 0) is 52.5 Å². The van der Waals surface area contributed by atoms with Crippen molar-refractivity contribution >= 4 is 51.3 Å². The number of methoxy groups -OCH3 is 1. The molecule has 1 N–H and O–H groups in total. The quantitative estimate of drug-likeness (QED) is 0.345. The van der Waals surface area contributed by atoms with Crippen LogP contribution in [-0.4, -0.2) is 47.0 Å². The summed E-state index contributed by atoms with van der Waals surface area (Å²) in [6.45, 7) is 0.0452. The van der Waals surface area contributed by atoms with Crippen LogP contribution in [0, 0.1) is 0 Å². The molecule has 1 heterocycles. The Balaban J connectivity index is 1.57. The molecule has 1 fully saturated rings. The summed E-state index contributed by atoms with van der Waals surface area (Å²) >= 11 is 5.03. The maximum Gasteiger partial charge on any atom is 0.426 e. The summed E-state index contributed by atoms with van der Waals surface area (Å²) in [4.78, 5) is 26.9. The summed E-state index contributed by atoms with van der Waals surface area (Å²) in [5, 5.41) is 3.18. The fraction of sp³-hybridized carbons (Fsp3) is 0.400. The lowest BCUT2D eigenvalue weighted by Crippen LogP contribution is -2.45. The number of carbonyl (C=O) groups is 2. The van der Waals surface area contributed by atoms with Gasteiger partial charge in [-0.2, -0.15) is 0 Å². The highest BCUT2D eigenvalue weighted by Gasteiger charge is 2.39. The fourth-order valence-electron chi connectivity index (χ4n) is 4.32. The van der Waals surface area contributed by atoms with Crippen LogP contribution in [0.3, 0.4) is 0 Å². The van der Waals surface area contributed by atoms with E-state index in [1.54, 1.807) is 11.7 Å². The van der Waals surface area contributed by atoms with Gasteiger partial charge in [0.15, 0.2) is 0 Å². The number of nitrogens with one attached hydrogen (secondary N) is 1. The van der Waals surface area contributed by atoms with Gasteiger partial charge >= 0.3 is 5.91 Å². The van der Waals surface area contributed by atoms with Crippen molar-refractivity contribution in [3.05, 3.63) is 57.4 Å². The average molecular weight is 516 g/mol. The van der Waals surface area contributed by atoms with E-state index in [0.717, 1.165) is 47.2 Å². The zero-order chi connectivity index (χ0) is 22.5. The van der Waals surface area contributed by atoms with Crippen LogP contribution in [0.2, 0.25) is 0 Å². The Morgan fingerprint density at radius 1 is 1.25 bits per heavy atom. The van der Waals surface area contributed by atoms with E-state index in [2.05, 4.69) is 27.3 Å². The molecule has 0 radical (unpaired) electrons. The maximum atomic E-state index is 13.4. The molecule has 0 saturated heterocycles. The number of rotatable bonds is 5. The Labute approximate surface area is 201 Å². The van der Waals surface area contributed by atoms with E-state index in [-0.39, 0.29) is 29.7 Å². The number of fused-ring (bicyclic) bond motifs is 1. The first kappa shape index (κ1) is 23.1. The van der Waals surface area contributed by atoms with Gasteiger partial charge in [0.25, 0.3) is 5.91 Å². The van der Waals surface area contributed by atoms with Crippen molar-refractivity contribution in [2.45, 2.75) is 49.8 Å². The summed E-state index contributed by atoms with van der Waals surface area (Å²) in [6.07, 6.45) is 16.6. The Morgan fingerprint density at radius 3 is 2.75 bits per heavy atom. The van der Waals surface area contributed by atoms with E-state index in [9.17, 15) is 9.59 Å². The summed E-state index contributed by atoms with van der Waals surface area (Å²) in [7, 11) is 1.62. The number of allylic oxidation sites excluding steroid dienone is 3. The first-order valence-corrected chi connectivity index (χ1v) is 12.8. The number of thioether (sulfide) groups is 1. The number of hydrogen-bond acceptors (Lipinski definition) is 4. The molecule has 0 aromatic heterocycles. The molecule has 1 aromatic carbocycles. The molecule has 5 nitrogen and oxygen atoms in total. The van der Waals surface area contributed by atoms with Crippen molar-refractivity contribution in [2.24, 2.45) is 0 Å². The van der Waals surface area contributed by atoms with E-state index in [1.165, 1.54) is 24.6 Å². The Bertz CT molecular complexity index is 1020. The summed E-state index contributed by atoms with van der Waals surface area (Å²) in [5.74, 6) is 0.518. The molecule has 2 aliphatic carbocycles. The first-order chi connectivity index (χ1) is 15.5. The molecule has 1 aliphatic heterocycles. The second-order valence-electron chi connectivity index (χ2n) is 8.26. The highest BCUT2D eigenvalue weighted by molar-refractivity contribution is 9.10. The molecule has 1 aromatic rings. The minimum atomic E-state index is -0.135. The van der Waals surface area contributed by atoms with Crippen LogP contribution in [0.15, 0.2) is 51.9 Å². The zero-order valence-electron chi connectivity index (χ0n) is 18.2. The smallest absolute Gasteiger partial charge is 0.426 e. The van der Waals surface area contributed by atoms with Gasteiger partial charge in [0.1, 0.15) is 15.9 Å². The molecular weight excluding hydrogens is 488 g/mol. The second kappa shape index (κ2) is 10.7. The predicted octanol–water partition coefficient (Wildman–Crippen LogP) is 4.86. The minimum absolute atomic E-state index is 0.0105. The van der Waals surface area contributed by atoms with E-state index >= 15 is 0 Å². The molecule has 32 heavy (non-hydrogen) atoms. The molecule has 1 saturated carbocycles. The number of amides is 2. The standard InChI is InChI=1S/C25H27BrN2O3S/c1-31-21-13-12-17(14-19(21)26)15-23-25(30)28(20-10-6-7-11-22(20)32-23)16-24(29)27-18-8-4-2-3-5-9-18/h6-7,10-15,18,22H,2-5,8-9,16H2,1H3/p+1/b23-15+. The van der Waals surface area contributed by atoms with Gasteiger partial charge in [0.2, 0.25) is 12.3 Å². The number of halogens is 1. The van der Waals surface area contributed by atoms with Gasteiger partial charge in [0, 0.05) is 12.1 Å². The maximum absolute atomic E-state index is 13.4. The monoisotopic (exact) mass is 515 g/mol. The number of benzene rings is 1. The minimum Gasteiger partial charge on any atom is -0.496 e. The molecule has 168 valence electrons. The van der Waals surface area contributed by atoms with Gasteiger partial charge in [0.05, 0.1) is 11.6 Å². The Morgan fingerprint density at radius 2 is 2.03 bits per heavy atom. The number of carbonyl (C=O) groups excluding carboxylic acids is 2. The lowest BCUT2D eigenvalue weighted by Gasteiger charge is -2.21. The third-order valence-electron chi connectivity index (χ3n) is 5.97. The van der Waals surface area contributed by atoms with Gasteiger partial charge in [-0.15, -0.1) is 4.58 Å². The highest BCUT2D eigenvalue weighted by Crippen LogP contribution is 2.34. The highest BCUT2D eigenvalue weighted by atomic mass is 79.9. The number of hydrogen-bond donors (Lipinski definition) is 1. The molecular formula is C25H28BrN2O3S+. The van der Waals surface area contributed by atoms with Crippen molar-refractivity contribution < 1.29 is 18.9 Å². The van der Waals surface area contributed by atoms with Gasteiger partial charge in [-0.3, -0.25) is 4.79 Å². The van der Waals surface area contributed by atoms with Gasteiger partial charge in [-0.1, -0.05) is 61.7 Å². The molecule has 0 bridgehead atoms. The van der Waals surface area contributed by atoms with E-state index in [0.29, 0.717) is 4.91 Å². The molecule has 0 spiro atoms. The number of nitrogens with zero attached hydrogens (tertiary/aromatic N) is 1. The Kier molecular flexibility index (Phi) is 7.68. The molecule has 2 amide bonds. The van der Waals surface area contributed by atoms with Crippen LogP contribution in [0.1, 0.15) is 44.1 Å². The van der Waals surface area contributed by atoms with Gasteiger partial charge < -0.3 is 10.1 Å². The van der Waals surface area contributed by atoms with Crippen molar-refractivity contribution in [1.82, 2.24) is 5.32 Å². The normalized spacial score (nSPS) is 22.6. The van der Waals surface area contributed by atoms with E-state index < -0.39 is 0 Å². The van der Waals surface area contributed by atoms with E-state index in [4.69, 9.17) is 4.74 Å². The largest absolute Gasteiger partial charge is 0.496 e. The number of ether oxygens (including phenoxy) is 1. The molecule has 4 rings (SSSR count). The van der Waals surface area contributed by atoms with Crippen molar-refractivity contribution in [3.8, 4) is 5.75 Å². The average Bonchev–Trinajstić information content (AvgIpc) is 3.05. The third kappa shape index (κ3) is 5.44. The second-order valence-corrected chi connectivity index (χ2v) is 10.3. The fourth-order valence-corrected chi connectivity index (χ4v) is 6.06. The molecule has 3 aliphatic rings. The molecule has 1 unspecified atom stereocenters. The van der Waals surface area contributed by atoms with Crippen LogP contribution in [0.5, 0.6) is 5.75 Å². The van der Waals surface area contributed by atoms with Crippen LogP contribution in [-0.2, 0) is 9.59 Å². The van der Waals surface area contributed by atoms with Crippen molar-refractivity contribution in [2.75, 3.05) is 13.7 Å². The van der Waals surface area contributed by atoms with Crippen LogP contribution >= 0.6 is 27.7 Å². The topological polar surface area (TPSA) is 58.4 Å². The van der Waals surface area contributed by atoms with E-state index in [1.807, 2.05) is 42.5 Å². The van der Waals surface area contributed by atoms with Gasteiger partial charge in [-0.25, -0.2) is 4.79 Å². The van der Waals surface area contributed by atoms with Crippen LogP contribution < -0.4 is 10.1 Å².